The number of non-ortho nitro benzene ring substituents is 1. The number of aromatic nitrogens is 2. The lowest BCUT2D eigenvalue weighted by molar-refractivity contribution is -0.384. The zero-order valence-electron chi connectivity index (χ0n) is 15.7. The molecule has 1 N–H and O–H groups in total. The number of benzene rings is 2. The van der Waals surface area contributed by atoms with E-state index < -0.39 is 10.8 Å². The van der Waals surface area contributed by atoms with Crippen molar-refractivity contribution in [3.8, 4) is 11.3 Å². The van der Waals surface area contributed by atoms with Crippen LogP contribution in [0.5, 0.6) is 0 Å². The molecule has 0 unspecified atom stereocenters. The number of hydrogen-bond donors (Lipinski definition) is 1. The predicted molar refractivity (Wildman–Crippen MR) is 108 cm³/mol. The Morgan fingerprint density at radius 2 is 1.86 bits per heavy atom. The number of carbonyl (C=O) groups excluding carboxylic acids is 1. The summed E-state index contributed by atoms with van der Waals surface area (Å²) in [5, 5.41) is 18.1. The maximum atomic E-state index is 13.0. The summed E-state index contributed by atoms with van der Waals surface area (Å²) in [6.45, 7) is 3.71. The van der Waals surface area contributed by atoms with Crippen LogP contribution in [-0.4, -0.2) is 21.0 Å². The van der Waals surface area contributed by atoms with E-state index in [0.717, 1.165) is 11.1 Å². The lowest BCUT2D eigenvalue weighted by Crippen LogP contribution is -2.13. The van der Waals surface area contributed by atoms with Crippen LogP contribution in [0, 0.1) is 24.0 Å². The fourth-order valence-corrected chi connectivity index (χ4v) is 3.04. The largest absolute Gasteiger partial charge is 0.335 e. The fraction of sp³-hybridized carbons (Fsp3) is 0.0952. The molecular formula is C21H16N4O4. The van der Waals surface area contributed by atoms with Crippen LogP contribution in [0.1, 0.15) is 21.6 Å². The molecule has 8 nitrogen and oxygen atoms in total. The SMILES string of the molecule is Cc1ccc(-c2cc(C(=O)Nc3cccc([N+](=O)[O-])c3)c3c(C)noc3n2)cc1. The summed E-state index contributed by atoms with van der Waals surface area (Å²) in [7, 11) is 0. The molecule has 29 heavy (non-hydrogen) atoms. The Hall–Kier alpha value is -4.07. The van der Waals surface area contributed by atoms with Gasteiger partial charge >= 0.3 is 0 Å². The van der Waals surface area contributed by atoms with Crippen molar-refractivity contribution >= 4 is 28.4 Å². The number of rotatable bonds is 4. The number of anilines is 1. The number of carbonyl (C=O) groups is 1. The Bertz CT molecular complexity index is 1250. The zero-order valence-corrected chi connectivity index (χ0v) is 15.7. The molecule has 8 heteroatoms. The van der Waals surface area contributed by atoms with Crippen LogP contribution in [0.15, 0.2) is 59.1 Å². The lowest BCUT2D eigenvalue weighted by Gasteiger charge is -2.08. The van der Waals surface area contributed by atoms with Crippen molar-refractivity contribution in [2.75, 3.05) is 5.32 Å². The lowest BCUT2D eigenvalue weighted by atomic mass is 10.0. The van der Waals surface area contributed by atoms with Crippen LogP contribution in [0.25, 0.3) is 22.4 Å². The molecule has 1 amide bonds. The Morgan fingerprint density at radius 1 is 1.10 bits per heavy atom. The summed E-state index contributed by atoms with van der Waals surface area (Å²) >= 11 is 0. The molecule has 0 radical (unpaired) electrons. The summed E-state index contributed by atoms with van der Waals surface area (Å²) in [5.41, 5.74) is 3.83. The Labute approximate surface area is 165 Å². The molecule has 0 aliphatic rings. The van der Waals surface area contributed by atoms with E-state index in [1.165, 1.54) is 18.2 Å². The molecule has 2 aromatic carbocycles. The van der Waals surface area contributed by atoms with Gasteiger partial charge in [-0.25, -0.2) is 4.98 Å². The van der Waals surface area contributed by atoms with Crippen LogP contribution in [0.3, 0.4) is 0 Å². The van der Waals surface area contributed by atoms with Gasteiger partial charge in [0.2, 0.25) is 0 Å². The number of nitro benzene ring substituents is 1. The van der Waals surface area contributed by atoms with E-state index in [4.69, 9.17) is 4.52 Å². The second-order valence-corrected chi connectivity index (χ2v) is 6.63. The molecule has 144 valence electrons. The molecule has 0 atom stereocenters. The highest BCUT2D eigenvalue weighted by Crippen LogP contribution is 2.28. The van der Waals surface area contributed by atoms with Gasteiger partial charge in [0.05, 0.1) is 27.3 Å². The smallest absolute Gasteiger partial charge is 0.271 e. The minimum Gasteiger partial charge on any atom is -0.335 e. The number of hydrogen-bond acceptors (Lipinski definition) is 6. The minimum atomic E-state index is -0.514. The summed E-state index contributed by atoms with van der Waals surface area (Å²) < 4.78 is 5.30. The number of nitro groups is 1. The number of aryl methyl sites for hydroxylation is 2. The topological polar surface area (TPSA) is 111 Å². The summed E-state index contributed by atoms with van der Waals surface area (Å²) in [6, 6.07) is 15.2. The van der Waals surface area contributed by atoms with Crippen LogP contribution in [0.4, 0.5) is 11.4 Å². The van der Waals surface area contributed by atoms with Crippen LogP contribution < -0.4 is 5.32 Å². The summed E-state index contributed by atoms with van der Waals surface area (Å²) in [4.78, 5) is 28.0. The molecule has 2 aromatic heterocycles. The van der Waals surface area contributed by atoms with Crippen molar-refractivity contribution in [2.45, 2.75) is 13.8 Å². The van der Waals surface area contributed by atoms with Gasteiger partial charge in [0.1, 0.15) is 0 Å². The zero-order chi connectivity index (χ0) is 20.5. The Balaban J connectivity index is 1.78. The molecule has 0 fully saturated rings. The highest BCUT2D eigenvalue weighted by Gasteiger charge is 2.20. The molecule has 0 aliphatic carbocycles. The van der Waals surface area contributed by atoms with Crippen molar-refractivity contribution < 1.29 is 14.2 Å². The van der Waals surface area contributed by atoms with Gasteiger partial charge in [0.15, 0.2) is 0 Å². The van der Waals surface area contributed by atoms with Gasteiger partial charge in [-0.1, -0.05) is 41.1 Å². The first kappa shape index (κ1) is 18.3. The Kier molecular flexibility index (Phi) is 4.52. The first-order valence-electron chi connectivity index (χ1n) is 8.82. The van der Waals surface area contributed by atoms with E-state index in [1.54, 1.807) is 19.1 Å². The normalized spacial score (nSPS) is 10.8. The molecule has 4 rings (SSSR count). The van der Waals surface area contributed by atoms with E-state index in [9.17, 15) is 14.9 Å². The summed E-state index contributed by atoms with van der Waals surface area (Å²) in [6.07, 6.45) is 0. The van der Waals surface area contributed by atoms with Crippen molar-refractivity contribution in [2.24, 2.45) is 0 Å². The van der Waals surface area contributed by atoms with E-state index in [-0.39, 0.29) is 11.4 Å². The second kappa shape index (κ2) is 7.16. The van der Waals surface area contributed by atoms with Gasteiger partial charge in [0.25, 0.3) is 17.3 Å². The molecule has 4 aromatic rings. The van der Waals surface area contributed by atoms with Gasteiger partial charge in [0, 0.05) is 23.4 Å². The third kappa shape index (κ3) is 3.55. The molecule has 0 saturated carbocycles. The highest BCUT2D eigenvalue weighted by molar-refractivity contribution is 6.13. The molecule has 0 spiro atoms. The standard InChI is InChI=1S/C21H16N4O4/c1-12-6-8-14(9-7-12)18-11-17(19-13(2)24-29-21(19)23-18)20(26)22-15-4-3-5-16(10-15)25(27)28/h3-11H,1-2H3,(H,22,26). The second-order valence-electron chi connectivity index (χ2n) is 6.63. The van der Waals surface area contributed by atoms with E-state index >= 15 is 0 Å². The van der Waals surface area contributed by atoms with E-state index in [0.29, 0.717) is 28.0 Å². The fourth-order valence-electron chi connectivity index (χ4n) is 3.04. The van der Waals surface area contributed by atoms with Crippen molar-refractivity contribution in [3.05, 3.63) is 81.5 Å². The third-order valence-corrected chi connectivity index (χ3v) is 4.52. The quantitative estimate of drug-likeness (QED) is 0.402. The van der Waals surface area contributed by atoms with Crippen LogP contribution >= 0.6 is 0 Å². The monoisotopic (exact) mass is 388 g/mol. The van der Waals surface area contributed by atoms with Gasteiger partial charge in [-0.2, -0.15) is 0 Å². The molecule has 0 saturated heterocycles. The first-order chi connectivity index (χ1) is 13.9. The third-order valence-electron chi connectivity index (χ3n) is 4.52. The average molecular weight is 388 g/mol. The van der Waals surface area contributed by atoms with Crippen molar-refractivity contribution in [1.29, 1.82) is 0 Å². The van der Waals surface area contributed by atoms with Gasteiger partial charge < -0.3 is 9.84 Å². The number of fused-ring (bicyclic) bond motifs is 1. The number of nitrogens with one attached hydrogen (secondary N) is 1. The van der Waals surface area contributed by atoms with Gasteiger partial charge in [-0.3, -0.25) is 14.9 Å². The van der Waals surface area contributed by atoms with E-state index in [1.807, 2.05) is 31.2 Å². The van der Waals surface area contributed by atoms with Gasteiger partial charge in [-0.05, 0) is 26.0 Å². The minimum absolute atomic E-state index is 0.107. The predicted octanol–water partition coefficient (Wildman–Crippen LogP) is 4.67. The Morgan fingerprint density at radius 3 is 2.59 bits per heavy atom. The molecule has 2 heterocycles. The average Bonchev–Trinajstić information content (AvgIpc) is 3.09. The molecule has 0 bridgehead atoms. The maximum Gasteiger partial charge on any atom is 0.271 e. The van der Waals surface area contributed by atoms with Crippen LogP contribution in [-0.2, 0) is 0 Å². The maximum absolute atomic E-state index is 13.0. The van der Waals surface area contributed by atoms with Crippen LogP contribution in [0.2, 0.25) is 0 Å². The molecule has 0 aliphatic heterocycles. The first-order valence-corrected chi connectivity index (χ1v) is 8.82. The van der Waals surface area contributed by atoms with E-state index in [2.05, 4.69) is 15.5 Å². The molecular weight excluding hydrogens is 372 g/mol. The number of pyridine rings is 1. The number of amides is 1. The summed E-state index contributed by atoms with van der Waals surface area (Å²) in [5.74, 6) is -0.433. The van der Waals surface area contributed by atoms with Crippen molar-refractivity contribution in [3.63, 3.8) is 0 Å². The van der Waals surface area contributed by atoms with Crippen molar-refractivity contribution in [1.82, 2.24) is 10.1 Å². The number of nitrogens with zero attached hydrogens (tertiary/aromatic N) is 3. The highest BCUT2D eigenvalue weighted by atomic mass is 16.6. The van der Waals surface area contributed by atoms with Gasteiger partial charge in [-0.15, -0.1) is 0 Å².